The van der Waals surface area contributed by atoms with Gasteiger partial charge in [0.2, 0.25) is 0 Å². The molecule has 1 fully saturated rings. The second-order valence-electron chi connectivity index (χ2n) is 5.86. The highest BCUT2D eigenvalue weighted by Crippen LogP contribution is 2.51. The number of benzene rings is 1. The summed E-state index contributed by atoms with van der Waals surface area (Å²) in [4.78, 5) is 0. The minimum atomic E-state index is -0.00926. The van der Waals surface area contributed by atoms with Gasteiger partial charge in [-0.25, -0.2) is 0 Å². The molecule has 1 aliphatic carbocycles. The molecule has 102 valence electrons. The molecule has 0 aromatic heterocycles. The van der Waals surface area contributed by atoms with Crippen molar-refractivity contribution >= 4 is 0 Å². The molecule has 0 bridgehead atoms. The third-order valence-electron chi connectivity index (χ3n) is 4.49. The molecule has 1 aromatic rings. The van der Waals surface area contributed by atoms with Gasteiger partial charge >= 0.3 is 0 Å². The van der Waals surface area contributed by atoms with Crippen LogP contribution in [-0.4, -0.2) is 25.9 Å². The molecule has 3 aliphatic rings. The maximum Gasteiger partial charge on any atom is 0.168 e. The Kier molecular flexibility index (Phi) is 2.28. The lowest BCUT2D eigenvalue weighted by atomic mass is 9.93. The summed E-state index contributed by atoms with van der Waals surface area (Å²) in [5, 5.41) is 0. The number of fused-ring (bicyclic) bond motifs is 2. The van der Waals surface area contributed by atoms with Gasteiger partial charge in [-0.2, -0.15) is 0 Å². The molecule has 0 atom stereocenters. The van der Waals surface area contributed by atoms with Gasteiger partial charge in [0.1, 0.15) is 5.75 Å². The first kappa shape index (κ1) is 11.4. The lowest BCUT2D eigenvalue weighted by molar-refractivity contribution is 0.324. The van der Waals surface area contributed by atoms with E-state index in [0.29, 0.717) is 0 Å². The van der Waals surface area contributed by atoms with Crippen molar-refractivity contribution in [2.45, 2.75) is 37.6 Å². The first-order valence-electron chi connectivity index (χ1n) is 7.01. The van der Waals surface area contributed by atoms with E-state index in [4.69, 9.17) is 19.9 Å². The summed E-state index contributed by atoms with van der Waals surface area (Å²) >= 11 is 0. The van der Waals surface area contributed by atoms with Crippen LogP contribution in [0, 0.1) is 0 Å². The van der Waals surface area contributed by atoms with E-state index in [0.717, 1.165) is 62.6 Å². The molecule has 4 heteroatoms. The SMILES string of the molecule is COc1c2c(c(CC3(N)CC3)c3c1OCC3)OCC2. The summed E-state index contributed by atoms with van der Waals surface area (Å²) < 4.78 is 17.2. The predicted octanol–water partition coefficient (Wildman–Crippen LogP) is 1.60. The van der Waals surface area contributed by atoms with Crippen LogP contribution in [0.5, 0.6) is 17.2 Å². The summed E-state index contributed by atoms with van der Waals surface area (Å²) in [6.45, 7) is 1.47. The quantitative estimate of drug-likeness (QED) is 0.898. The summed E-state index contributed by atoms with van der Waals surface area (Å²) in [5.41, 5.74) is 10.0. The highest BCUT2D eigenvalue weighted by Gasteiger charge is 2.42. The lowest BCUT2D eigenvalue weighted by Gasteiger charge is -2.18. The molecule has 0 amide bonds. The van der Waals surface area contributed by atoms with E-state index >= 15 is 0 Å². The van der Waals surface area contributed by atoms with Gasteiger partial charge in [0.25, 0.3) is 0 Å². The Morgan fingerprint density at radius 1 is 1.11 bits per heavy atom. The van der Waals surface area contributed by atoms with Crippen molar-refractivity contribution in [1.82, 2.24) is 0 Å². The van der Waals surface area contributed by atoms with E-state index in [1.807, 2.05) is 0 Å². The molecule has 0 saturated heterocycles. The van der Waals surface area contributed by atoms with Crippen LogP contribution >= 0.6 is 0 Å². The smallest absolute Gasteiger partial charge is 0.168 e. The number of hydrogen-bond donors (Lipinski definition) is 1. The Hall–Kier alpha value is -1.42. The van der Waals surface area contributed by atoms with E-state index in [1.165, 1.54) is 16.7 Å². The van der Waals surface area contributed by atoms with Gasteiger partial charge in [0.15, 0.2) is 11.5 Å². The Morgan fingerprint density at radius 2 is 1.79 bits per heavy atom. The number of nitrogens with two attached hydrogens (primary N) is 1. The lowest BCUT2D eigenvalue weighted by Crippen LogP contribution is -2.25. The molecule has 2 aliphatic heterocycles. The average Bonchev–Trinajstić information content (AvgIpc) is 2.88. The molecule has 0 radical (unpaired) electrons. The van der Waals surface area contributed by atoms with E-state index in [2.05, 4.69) is 0 Å². The van der Waals surface area contributed by atoms with Crippen LogP contribution in [0.3, 0.4) is 0 Å². The minimum Gasteiger partial charge on any atom is -0.493 e. The zero-order valence-electron chi connectivity index (χ0n) is 11.3. The van der Waals surface area contributed by atoms with Crippen molar-refractivity contribution in [2.75, 3.05) is 20.3 Å². The topological polar surface area (TPSA) is 53.7 Å². The van der Waals surface area contributed by atoms with Crippen molar-refractivity contribution in [1.29, 1.82) is 0 Å². The normalized spacial score (nSPS) is 21.4. The van der Waals surface area contributed by atoms with Crippen LogP contribution < -0.4 is 19.9 Å². The molecular weight excluding hydrogens is 242 g/mol. The number of methoxy groups -OCH3 is 1. The maximum atomic E-state index is 6.31. The van der Waals surface area contributed by atoms with E-state index in [1.54, 1.807) is 7.11 Å². The van der Waals surface area contributed by atoms with E-state index in [-0.39, 0.29) is 5.54 Å². The van der Waals surface area contributed by atoms with Crippen molar-refractivity contribution < 1.29 is 14.2 Å². The van der Waals surface area contributed by atoms with Gasteiger partial charge in [-0.05, 0) is 19.3 Å². The van der Waals surface area contributed by atoms with Gasteiger partial charge in [-0.3, -0.25) is 0 Å². The monoisotopic (exact) mass is 261 g/mol. The Morgan fingerprint density at radius 3 is 2.47 bits per heavy atom. The molecule has 2 N–H and O–H groups in total. The molecular formula is C15H19NO3. The molecule has 4 nitrogen and oxygen atoms in total. The van der Waals surface area contributed by atoms with Crippen molar-refractivity contribution in [2.24, 2.45) is 5.73 Å². The molecule has 4 rings (SSSR count). The molecule has 19 heavy (non-hydrogen) atoms. The van der Waals surface area contributed by atoms with E-state index < -0.39 is 0 Å². The minimum absolute atomic E-state index is 0.00926. The van der Waals surface area contributed by atoms with Crippen LogP contribution in [0.1, 0.15) is 29.5 Å². The number of rotatable bonds is 3. The first-order valence-corrected chi connectivity index (χ1v) is 7.01. The van der Waals surface area contributed by atoms with Crippen LogP contribution in [0.25, 0.3) is 0 Å². The molecule has 1 aromatic carbocycles. The van der Waals surface area contributed by atoms with Crippen LogP contribution in [0.4, 0.5) is 0 Å². The van der Waals surface area contributed by atoms with E-state index in [9.17, 15) is 0 Å². The highest BCUT2D eigenvalue weighted by atomic mass is 16.5. The van der Waals surface area contributed by atoms with Gasteiger partial charge < -0.3 is 19.9 Å². The van der Waals surface area contributed by atoms with Gasteiger partial charge in [-0.1, -0.05) is 0 Å². The predicted molar refractivity (Wildman–Crippen MR) is 71.2 cm³/mol. The molecule has 1 saturated carbocycles. The number of ether oxygens (including phenoxy) is 3. The first-order chi connectivity index (χ1) is 9.22. The maximum absolute atomic E-state index is 6.31. The number of hydrogen-bond acceptors (Lipinski definition) is 4. The van der Waals surface area contributed by atoms with Gasteiger partial charge in [0, 0.05) is 35.1 Å². The van der Waals surface area contributed by atoms with Crippen molar-refractivity contribution in [3.63, 3.8) is 0 Å². The fourth-order valence-corrected chi connectivity index (χ4v) is 3.25. The van der Waals surface area contributed by atoms with Crippen LogP contribution in [0.15, 0.2) is 0 Å². The summed E-state index contributed by atoms with van der Waals surface area (Å²) in [5.74, 6) is 2.84. The summed E-state index contributed by atoms with van der Waals surface area (Å²) in [6.07, 6.45) is 4.98. The molecule has 0 unspecified atom stereocenters. The highest BCUT2D eigenvalue weighted by molar-refractivity contribution is 5.66. The molecule has 2 heterocycles. The van der Waals surface area contributed by atoms with Gasteiger partial charge in [-0.15, -0.1) is 0 Å². The summed E-state index contributed by atoms with van der Waals surface area (Å²) in [6, 6.07) is 0. The van der Waals surface area contributed by atoms with Crippen LogP contribution in [-0.2, 0) is 19.3 Å². The Balaban J connectivity index is 1.90. The Labute approximate surface area is 112 Å². The zero-order valence-corrected chi connectivity index (χ0v) is 11.3. The standard InChI is InChI=1S/C15H19NO3/c1-17-13-10-3-7-18-12(10)11(8-15(16)4-5-15)9-2-6-19-14(9)13/h2-8,16H2,1H3. The summed E-state index contributed by atoms with van der Waals surface area (Å²) in [7, 11) is 1.71. The van der Waals surface area contributed by atoms with Crippen LogP contribution in [0.2, 0.25) is 0 Å². The average molecular weight is 261 g/mol. The van der Waals surface area contributed by atoms with Crippen molar-refractivity contribution in [3.05, 3.63) is 16.7 Å². The van der Waals surface area contributed by atoms with Crippen molar-refractivity contribution in [3.8, 4) is 17.2 Å². The second-order valence-corrected chi connectivity index (χ2v) is 5.86. The third kappa shape index (κ3) is 1.62. The Bertz CT molecular complexity index is 514. The fourth-order valence-electron chi connectivity index (χ4n) is 3.25. The third-order valence-corrected chi connectivity index (χ3v) is 4.49. The fraction of sp³-hybridized carbons (Fsp3) is 0.600. The zero-order chi connectivity index (χ0) is 13.0. The van der Waals surface area contributed by atoms with Gasteiger partial charge in [0.05, 0.1) is 20.3 Å². The largest absolute Gasteiger partial charge is 0.493 e. The second kappa shape index (κ2) is 3.79. The molecule has 0 spiro atoms.